The average molecular weight is 324 g/mol. The molecular formula is C14H13IO. The number of benzene rings is 2. The van der Waals surface area contributed by atoms with Gasteiger partial charge in [0.05, 0.1) is 7.11 Å². The minimum absolute atomic E-state index is 0.909. The highest BCUT2D eigenvalue weighted by atomic mass is 127. The molecule has 0 atom stereocenters. The van der Waals surface area contributed by atoms with Gasteiger partial charge in [-0.15, -0.1) is 0 Å². The molecule has 0 amide bonds. The summed E-state index contributed by atoms with van der Waals surface area (Å²) in [6, 6.07) is 16.8. The van der Waals surface area contributed by atoms with Gasteiger partial charge in [0.25, 0.3) is 0 Å². The van der Waals surface area contributed by atoms with Crippen molar-refractivity contribution < 1.29 is 4.74 Å². The van der Waals surface area contributed by atoms with E-state index in [4.69, 9.17) is 4.74 Å². The lowest BCUT2D eigenvalue weighted by atomic mass is 10.1. The Kier molecular flexibility index (Phi) is 3.83. The zero-order valence-corrected chi connectivity index (χ0v) is 11.3. The van der Waals surface area contributed by atoms with Crippen LogP contribution in [0.15, 0.2) is 48.5 Å². The molecule has 0 aliphatic rings. The summed E-state index contributed by atoms with van der Waals surface area (Å²) in [6.45, 7) is 0. The molecule has 1 nitrogen and oxygen atoms in total. The Bertz CT molecular complexity index is 462. The van der Waals surface area contributed by atoms with Gasteiger partial charge in [0, 0.05) is 3.57 Å². The molecule has 0 aliphatic carbocycles. The fourth-order valence-corrected chi connectivity index (χ4v) is 2.23. The van der Waals surface area contributed by atoms with E-state index in [2.05, 4.69) is 59.0 Å². The van der Waals surface area contributed by atoms with Gasteiger partial charge in [-0.25, -0.2) is 0 Å². The van der Waals surface area contributed by atoms with Crippen LogP contribution in [0, 0.1) is 3.57 Å². The van der Waals surface area contributed by atoms with Crippen LogP contribution in [0.25, 0.3) is 0 Å². The molecule has 0 fully saturated rings. The molecule has 82 valence electrons. The predicted octanol–water partition coefficient (Wildman–Crippen LogP) is 3.89. The van der Waals surface area contributed by atoms with E-state index in [0.29, 0.717) is 0 Å². The molecule has 0 spiro atoms. The normalized spacial score (nSPS) is 10.1. The minimum atomic E-state index is 0.909. The Morgan fingerprint density at radius 3 is 2.38 bits per heavy atom. The van der Waals surface area contributed by atoms with E-state index in [1.165, 1.54) is 14.7 Å². The third kappa shape index (κ3) is 2.98. The van der Waals surface area contributed by atoms with Crippen molar-refractivity contribution in [1.29, 1.82) is 0 Å². The smallest absolute Gasteiger partial charge is 0.118 e. The molecule has 0 aliphatic heterocycles. The van der Waals surface area contributed by atoms with Crippen molar-refractivity contribution in [3.8, 4) is 5.75 Å². The number of hydrogen-bond acceptors (Lipinski definition) is 1. The van der Waals surface area contributed by atoms with Crippen LogP contribution in [0.4, 0.5) is 0 Å². The van der Waals surface area contributed by atoms with Crippen molar-refractivity contribution in [2.75, 3.05) is 7.11 Å². The van der Waals surface area contributed by atoms with Gasteiger partial charge in [0.1, 0.15) is 5.75 Å². The van der Waals surface area contributed by atoms with E-state index in [0.717, 1.165) is 12.2 Å². The van der Waals surface area contributed by atoms with Crippen LogP contribution in [0.1, 0.15) is 11.1 Å². The second kappa shape index (κ2) is 5.34. The summed E-state index contributed by atoms with van der Waals surface area (Å²) in [5.41, 5.74) is 2.65. The van der Waals surface area contributed by atoms with Crippen molar-refractivity contribution in [2.24, 2.45) is 0 Å². The van der Waals surface area contributed by atoms with Crippen LogP contribution in [0.2, 0.25) is 0 Å². The Balaban J connectivity index is 2.14. The SMILES string of the molecule is COc1ccc(Cc2cccc(I)c2)cc1. The van der Waals surface area contributed by atoms with Crippen molar-refractivity contribution in [3.05, 3.63) is 63.2 Å². The first-order chi connectivity index (χ1) is 7.78. The lowest BCUT2D eigenvalue weighted by Gasteiger charge is -2.04. The number of methoxy groups -OCH3 is 1. The van der Waals surface area contributed by atoms with Gasteiger partial charge >= 0.3 is 0 Å². The molecule has 16 heavy (non-hydrogen) atoms. The Hall–Kier alpha value is -1.03. The fraction of sp³-hybridized carbons (Fsp3) is 0.143. The molecular weight excluding hydrogens is 311 g/mol. The summed E-state index contributed by atoms with van der Waals surface area (Å²) in [6.07, 6.45) is 0.973. The molecule has 0 heterocycles. The summed E-state index contributed by atoms with van der Waals surface area (Å²) < 4.78 is 6.42. The molecule has 2 rings (SSSR count). The lowest BCUT2D eigenvalue weighted by Crippen LogP contribution is -1.89. The zero-order valence-electron chi connectivity index (χ0n) is 9.11. The highest BCUT2D eigenvalue weighted by molar-refractivity contribution is 14.1. The molecule has 2 aromatic carbocycles. The topological polar surface area (TPSA) is 9.23 Å². The van der Waals surface area contributed by atoms with Gasteiger partial charge in [0.15, 0.2) is 0 Å². The maximum absolute atomic E-state index is 5.14. The number of rotatable bonds is 3. The maximum atomic E-state index is 5.14. The van der Waals surface area contributed by atoms with E-state index >= 15 is 0 Å². The van der Waals surface area contributed by atoms with Crippen molar-refractivity contribution >= 4 is 22.6 Å². The van der Waals surface area contributed by atoms with Gasteiger partial charge in [-0.05, 0) is 64.4 Å². The van der Waals surface area contributed by atoms with Gasteiger partial charge in [-0.1, -0.05) is 24.3 Å². The Morgan fingerprint density at radius 1 is 1.00 bits per heavy atom. The first kappa shape index (κ1) is 11.5. The third-order valence-corrected chi connectivity index (χ3v) is 3.13. The second-order valence-corrected chi connectivity index (χ2v) is 4.90. The first-order valence-electron chi connectivity index (χ1n) is 5.15. The maximum Gasteiger partial charge on any atom is 0.118 e. The van der Waals surface area contributed by atoms with Gasteiger partial charge < -0.3 is 4.74 Å². The second-order valence-electron chi connectivity index (χ2n) is 3.65. The van der Waals surface area contributed by atoms with E-state index < -0.39 is 0 Å². The van der Waals surface area contributed by atoms with E-state index in [-0.39, 0.29) is 0 Å². The van der Waals surface area contributed by atoms with Crippen LogP contribution >= 0.6 is 22.6 Å². The lowest BCUT2D eigenvalue weighted by molar-refractivity contribution is 0.414. The summed E-state index contributed by atoms with van der Waals surface area (Å²) in [5.74, 6) is 0.909. The molecule has 0 unspecified atom stereocenters. The largest absolute Gasteiger partial charge is 0.497 e. The van der Waals surface area contributed by atoms with Gasteiger partial charge in [-0.2, -0.15) is 0 Å². The zero-order chi connectivity index (χ0) is 11.4. The first-order valence-corrected chi connectivity index (χ1v) is 6.23. The van der Waals surface area contributed by atoms with E-state index in [1.54, 1.807) is 7.11 Å². The quantitative estimate of drug-likeness (QED) is 0.779. The monoisotopic (exact) mass is 324 g/mol. The van der Waals surface area contributed by atoms with Crippen LogP contribution in [0.3, 0.4) is 0 Å². The molecule has 0 radical (unpaired) electrons. The van der Waals surface area contributed by atoms with Crippen molar-refractivity contribution in [1.82, 2.24) is 0 Å². The average Bonchev–Trinajstić information content (AvgIpc) is 2.30. The molecule has 0 saturated carbocycles. The molecule has 0 bridgehead atoms. The Labute approximate surface area is 110 Å². The summed E-state index contributed by atoms with van der Waals surface area (Å²) >= 11 is 2.34. The van der Waals surface area contributed by atoms with Crippen LogP contribution in [-0.2, 0) is 6.42 Å². The van der Waals surface area contributed by atoms with E-state index in [1.807, 2.05) is 12.1 Å². The van der Waals surface area contributed by atoms with Gasteiger partial charge in [-0.3, -0.25) is 0 Å². The Morgan fingerprint density at radius 2 is 1.75 bits per heavy atom. The molecule has 2 aromatic rings. The van der Waals surface area contributed by atoms with Crippen molar-refractivity contribution in [3.63, 3.8) is 0 Å². The number of hydrogen-bond donors (Lipinski definition) is 0. The fourth-order valence-electron chi connectivity index (χ4n) is 1.63. The van der Waals surface area contributed by atoms with Crippen LogP contribution in [-0.4, -0.2) is 7.11 Å². The predicted molar refractivity (Wildman–Crippen MR) is 75.0 cm³/mol. The minimum Gasteiger partial charge on any atom is -0.497 e. The van der Waals surface area contributed by atoms with Crippen LogP contribution < -0.4 is 4.74 Å². The molecule has 0 N–H and O–H groups in total. The summed E-state index contributed by atoms with van der Waals surface area (Å²) in [4.78, 5) is 0. The summed E-state index contributed by atoms with van der Waals surface area (Å²) in [7, 11) is 1.69. The molecule has 0 saturated heterocycles. The summed E-state index contributed by atoms with van der Waals surface area (Å²) in [5, 5.41) is 0. The third-order valence-electron chi connectivity index (χ3n) is 2.46. The van der Waals surface area contributed by atoms with Crippen molar-refractivity contribution in [2.45, 2.75) is 6.42 Å². The highest BCUT2D eigenvalue weighted by Crippen LogP contribution is 2.16. The molecule has 0 aromatic heterocycles. The highest BCUT2D eigenvalue weighted by Gasteiger charge is 1.97. The molecule has 2 heteroatoms. The standard InChI is InChI=1S/C14H13IO/c1-16-14-7-5-11(6-8-14)9-12-3-2-4-13(15)10-12/h2-8,10H,9H2,1H3. The number of ether oxygens (including phenoxy) is 1. The van der Waals surface area contributed by atoms with Crippen LogP contribution in [0.5, 0.6) is 5.75 Å². The number of halogens is 1. The van der Waals surface area contributed by atoms with E-state index in [9.17, 15) is 0 Å². The van der Waals surface area contributed by atoms with Gasteiger partial charge in [0.2, 0.25) is 0 Å².